The number of aryl methyl sites for hydroxylation is 1. The average Bonchev–Trinajstić information content (AvgIpc) is 3.10. The molecule has 2 aromatic heterocycles. The predicted molar refractivity (Wildman–Crippen MR) is 123 cm³/mol. The Balaban J connectivity index is 1.58. The molecular formula is C22H22ClFN4O3S. The number of amides is 2. The van der Waals surface area contributed by atoms with Crippen molar-refractivity contribution in [1.82, 2.24) is 14.5 Å². The van der Waals surface area contributed by atoms with Gasteiger partial charge in [-0.1, -0.05) is 18.5 Å². The van der Waals surface area contributed by atoms with Crippen LogP contribution in [0, 0.1) is 18.7 Å². The third-order valence-corrected chi connectivity index (χ3v) is 7.23. The molecule has 3 aromatic rings. The molecule has 32 heavy (non-hydrogen) atoms. The molecule has 0 spiro atoms. The Bertz CT molecular complexity index is 1260. The Hall–Kier alpha value is -2.78. The van der Waals surface area contributed by atoms with Crippen LogP contribution in [0.5, 0.6) is 0 Å². The number of nitrogens with zero attached hydrogens (tertiary/aromatic N) is 3. The van der Waals surface area contributed by atoms with Gasteiger partial charge in [0.05, 0.1) is 21.6 Å². The summed E-state index contributed by atoms with van der Waals surface area (Å²) in [5, 5.41) is 2.88. The molecule has 0 atom stereocenters. The quantitative estimate of drug-likeness (QED) is 0.615. The Labute approximate surface area is 192 Å². The van der Waals surface area contributed by atoms with Gasteiger partial charge in [0.1, 0.15) is 17.2 Å². The van der Waals surface area contributed by atoms with Crippen LogP contribution in [0.2, 0.25) is 5.02 Å². The fourth-order valence-corrected chi connectivity index (χ4v) is 4.97. The number of carbonyl (C=O) groups excluding carboxylic acids is 2. The molecule has 7 nitrogen and oxygen atoms in total. The lowest BCUT2D eigenvalue weighted by Crippen LogP contribution is -2.41. The summed E-state index contributed by atoms with van der Waals surface area (Å²) in [7, 11) is 0. The minimum absolute atomic E-state index is 0.0823. The topological polar surface area (TPSA) is 84.3 Å². The number of fused-ring (bicyclic) bond motifs is 1. The number of aromatic nitrogens is 2. The lowest BCUT2D eigenvalue weighted by Gasteiger charge is -2.30. The zero-order valence-electron chi connectivity index (χ0n) is 17.7. The Morgan fingerprint density at radius 3 is 2.72 bits per heavy atom. The zero-order valence-corrected chi connectivity index (χ0v) is 19.2. The SMILES string of the molecule is Cc1c(C(=O)Nc2ccc(F)c(Cl)c2)sc2ncn(CC(=O)N3CCC(C)CC3)c(=O)c12. The van der Waals surface area contributed by atoms with E-state index in [1.165, 1.54) is 23.0 Å². The number of hydrogen-bond acceptors (Lipinski definition) is 5. The number of carbonyl (C=O) groups is 2. The number of piperidine rings is 1. The van der Waals surface area contributed by atoms with Crippen LogP contribution in [0.15, 0.2) is 29.3 Å². The molecule has 3 heterocycles. The van der Waals surface area contributed by atoms with E-state index < -0.39 is 11.7 Å². The number of rotatable bonds is 4. The Morgan fingerprint density at radius 1 is 1.31 bits per heavy atom. The number of nitrogens with one attached hydrogen (secondary N) is 1. The number of likely N-dealkylation sites (tertiary alicyclic amines) is 1. The van der Waals surface area contributed by atoms with Crippen LogP contribution in [-0.2, 0) is 11.3 Å². The van der Waals surface area contributed by atoms with E-state index in [1.807, 2.05) is 0 Å². The van der Waals surface area contributed by atoms with Gasteiger partial charge in [-0.3, -0.25) is 19.0 Å². The molecule has 168 valence electrons. The molecule has 2 amide bonds. The molecule has 1 fully saturated rings. The van der Waals surface area contributed by atoms with E-state index in [2.05, 4.69) is 17.2 Å². The van der Waals surface area contributed by atoms with Crippen molar-refractivity contribution in [3.8, 4) is 0 Å². The van der Waals surface area contributed by atoms with E-state index >= 15 is 0 Å². The van der Waals surface area contributed by atoms with Crippen molar-refractivity contribution < 1.29 is 14.0 Å². The van der Waals surface area contributed by atoms with Gasteiger partial charge in [-0.2, -0.15) is 0 Å². The highest BCUT2D eigenvalue weighted by atomic mass is 35.5. The maximum Gasteiger partial charge on any atom is 0.266 e. The second-order valence-electron chi connectivity index (χ2n) is 8.06. The molecule has 1 aliphatic heterocycles. The van der Waals surface area contributed by atoms with E-state index in [1.54, 1.807) is 11.8 Å². The molecule has 0 radical (unpaired) electrons. The van der Waals surface area contributed by atoms with Crippen LogP contribution in [0.1, 0.15) is 35.0 Å². The van der Waals surface area contributed by atoms with E-state index in [4.69, 9.17) is 11.6 Å². The highest BCUT2D eigenvalue weighted by molar-refractivity contribution is 7.20. The molecule has 0 saturated carbocycles. The fraction of sp³-hybridized carbons (Fsp3) is 0.364. The zero-order chi connectivity index (χ0) is 23.0. The standard InChI is InChI=1S/C22H22ClFN4O3S/c1-12-5-7-27(8-6-12)17(29)10-28-11-25-21-18(22(28)31)13(2)19(32-21)20(30)26-14-3-4-16(24)15(23)9-14/h3-4,9,11-12H,5-8,10H2,1-2H3,(H,26,30). The third kappa shape index (κ3) is 4.40. The summed E-state index contributed by atoms with van der Waals surface area (Å²) in [4.78, 5) is 45.3. The van der Waals surface area contributed by atoms with Crippen LogP contribution < -0.4 is 10.9 Å². The molecule has 1 aromatic carbocycles. The molecule has 1 N–H and O–H groups in total. The lowest BCUT2D eigenvalue weighted by atomic mass is 9.99. The predicted octanol–water partition coefficient (Wildman–Crippen LogP) is 4.07. The first-order valence-electron chi connectivity index (χ1n) is 10.3. The van der Waals surface area contributed by atoms with Gasteiger partial charge in [0, 0.05) is 18.8 Å². The minimum atomic E-state index is -0.582. The van der Waals surface area contributed by atoms with Crippen molar-refractivity contribution in [2.45, 2.75) is 33.2 Å². The van der Waals surface area contributed by atoms with Gasteiger partial charge in [0.15, 0.2) is 0 Å². The molecule has 0 unspecified atom stereocenters. The summed E-state index contributed by atoms with van der Waals surface area (Å²) in [5.41, 5.74) is 0.471. The van der Waals surface area contributed by atoms with Crippen molar-refractivity contribution in [3.05, 3.63) is 56.2 Å². The normalized spacial score (nSPS) is 14.7. The van der Waals surface area contributed by atoms with Crippen LogP contribution in [0.3, 0.4) is 0 Å². The van der Waals surface area contributed by atoms with Gasteiger partial charge in [-0.25, -0.2) is 9.37 Å². The number of hydrogen-bond donors (Lipinski definition) is 1. The van der Waals surface area contributed by atoms with E-state index in [0.717, 1.165) is 30.2 Å². The van der Waals surface area contributed by atoms with Crippen molar-refractivity contribution in [3.63, 3.8) is 0 Å². The van der Waals surface area contributed by atoms with Crippen molar-refractivity contribution in [2.24, 2.45) is 5.92 Å². The summed E-state index contributed by atoms with van der Waals surface area (Å²) in [6.45, 7) is 5.15. The van der Waals surface area contributed by atoms with Crippen molar-refractivity contribution in [2.75, 3.05) is 18.4 Å². The maximum absolute atomic E-state index is 13.4. The van der Waals surface area contributed by atoms with Gasteiger partial charge in [-0.05, 0) is 49.4 Å². The van der Waals surface area contributed by atoms with Gasteiger partial charge in [-0.15, -0.1) is 11.3 Å². The Kier molecular flexibility index (Phi) is 6.30. The molecule has 0 bridgehead atoms. The van der Waals surface area contributed by atoms with Gasteiger partial charge in [0.25, 0.3) is 11.5 Å². The molecule has 1 aliphatic rings. The fourth-order valence-electron chi connectivity index (χ4n) is 3.75. The van der Waals surface area contributed by atoms with E-state index in [9.17, 15) is 18.8 Å². The second kappa shape index (κ2) is 8.99. The first-order chi connectivity index (χ1) is 15.2. The molecule has 4 rings (SSSR count). The van der Waals surface area contributed by atoms with Crippen molar-refractivity contribution >= 4 is 50.7 Å². The number of benzene rings is 1. The Morgan fingerprint density at radius 2 is 2.03 bits per heavy atom. The number of thiophene rings is 1. The van der Waals surface area contributed by atoms with Crippen LogP contribution in [-0.4, -0.2) is 39.4 Å². The average molecular weight is 477 g/mol. The number of halogens is 2. The van der Waals surface area contributed by atoms with E-state index in [-0.39, 0.29) is 23.0 Å². The highest BCUT2D eigenvalue weighted by Crippen LogP contribution is 2.28. The summed E-state index contributed by atoms with van der Waals surface area (Å²) in [6, 6.07) is 3.88. The minimum Gasteiger partial charge on any atom is -0.341 e. The summed E-state index contributed by atoms with van der Waals surface area (Å²) in [5.74, 6) is -0.540. The van der Waals surface area contributed by atoms with Crippen LogP contribution >= 0.6 is 22.9 Å². The van der Waals surface area contributed by atoms with Gasteiger partial charge in [0.2, 0.25) is 5.91 Å². The first-order valence-corrected chi connectivity index (χ1v) is 11.5. The molecule has 1 saturated heterocycles. The van der Waals surface area contributed by atoms with E-state index in [0.29, 0.717) is 45.4 Å². The highest BCUT2D eigenvalue weighted by Gasteiger charge is 2.23. The maximum atomic E-state index is 13.4. The molecule has 0 aliphatic carbocycles. The van der Waals surface area contributed by atoms with Crippen LogP contribution in [0.4, 0.5) is 10.1 Å². The summed E-state index contributed by atoms with van der Waals surface area (Å²) < 4.78 is 14.7. The number of anilines is 1. The van der Waals surface area contributed by atoms with Crippen LogP contribution in [0.25, 0.3) is 10.2 Å². The smallest absolute Gasteiger partial charge is 0.266 e. The van der Waals surface area contributed by atoms with Crippen molar-refractivity contribution in [1.29, 1.82) is 0 Å². The summed E-state index contributed by atoms with van der Waals surface area (Å²) >= 11 is 6.86. The summed E-state index contributed by atoms with van der Waals surface area (Å²) in [6.07, 6.45) is 3.27. The lowest BCUT2D eigenvalue weighted by molar-refractivity contribution is -0.133. The second-order valence-corrected chi connectivity index (χ2v) is 9.47. The van der Waals surface area contributed by atoms with Gasteiger partial charge < -0.3 is 10.2 Å². The first kappa shape index (κ1) is 22.4. The molecule has 10 heteroatoms. The monoisotopic (exact) mass is 476 g/mol. The molecular weight excluding hydrogens is 455 g/mol. The third-order valence-electron chi connectivity index (χ3n) is 5.74. The largest absolute Gasteiger partial charge is 0.341 e. The van der Waals surface area contributed by atoms with Gasteiger partial charge >= 0.3 is 0 Å².